The highest BCUT2D eigenvalue weighted by atomic mass is 127. The number of amides is 3. The molecule has 0 aromatic heterocycles. The minimum atomic E-state index is -0.378. The third-order valence-electron chi connectivity index (χ3n) is 4.02. The van der Waals surface area contributed by atoms with Gasteiger partial charge in [-0.05, 0) is 65.8 Å². The number of nitrogens with zero attached hydrogens (tertiary/aromatic N) is 1. The van der Waals surface area contributed by atoms with Crippen LogP contribution in [-0.2, 0) is 11.4 Å². The molecule has 1 fully saturated rings. The number of aryl methyl sites for hydroxylation is 1. The van der Waals surface area contributed by atoms with Crippen LogP contribution in [0.1, 0.15) is 23.6 Å². The molecular formula is C20H19IN2O3. The van der Waals surface area contributed by atoms with Gasteiger partial charge in [0.25, 0.3) is 5.91 Å². The number of likely N-dealkylation sites (N-methyl/N-ethyl adjacent to an activating group) is 1. The van der Waals surface area contributed by atoms with Crippen LogP contribution in [0.4, 0.5) is 4.79 Å². The lowest BCUT2D eigenvalue weighted by Crippen LogP contribution is -2.30. The fourth-order valence-corrected chi connectivity index (χ4v) is 3.41. The number of carbonyl (C=O) groups excluding carboxylic acids is 2. The van der Waals surface area contributed by atoms with Gasteiger partial charge in [0.05, 0.1) is 3.57 Å². The van der Waals surface area contributed by atoms with Gasteiger partial charge in [0.15, 0.2) is 0 Å². The van der Waals surface area contributed by atoms with E-state index in [0.29, 0.717) is 18.8 Å². The lowest BCUT2D eigenvalue weighted by atomic mass is 10.1. The lowest BCUT2D eigenvalue weighted by Gasteiger charge is -2.10. The molecule has 0 radical (unpaired) electrons. The highest BCUT2D eigenvalue weighted by Crippen LogP contribution is 2.25. The van der Waals surface area contributed by atoms with Crippen LogP contribution in [0.3, 0.4) is 0 Å². The van der Waals surface area contributed by atoms with Crippen molar-refractivity contribution in [1.29, 1.82) is 0 Å². The maximum absolute atomic E-state index is 12.1. The Morgan fingerprint density at radius 3 is 2.65 bits per heavy atom. The van der Waals surface area contributed by atoms with Crippen LogP contribution in [0.15, 0.2) is 48.2 Å². The average Bonchev–Trinajstić information content (AvgIpc) is 2.87. The van der Waals surface area contributed by atoms with E-state index in [9.17, 15) is 9.59 Å². The second kappa shape index (κ2) is 7.90. The summed E-state index contributed by atoms with van der Waals surface area (Å²) in [5.74, 6) is 0.485. The highest BCUT2D eigenvalue weighted by Gasteiger charge is 2.31. The standard InChI is InChI=1S/C20H19IN2O3/c1-3-23-19(24)17(22-20(23)25)11-14-7-8-18(16(21)10-14)26-12-15-6-4-5-13(2)9-15/h4-11H,3,12H2,1-2H3,(H,22,25)/b17-11+. The van der Waals surface area contributed by atoms with Gasteiger partial charge in [0.2, 0.25) is 0 Å². The molecule has 5 nitrogen and oxygen atoms in total. The summed E-state index contributed by atoms with van der Waals surface area (Å²) < 4.78 is 6.84. The highest BCUT2D eigenvalue weighted by molar-refractivity contribution is 14.1. The number of ether oxygens (including phenoxy) is 1. The molecule has 3 amide bonds. The number of carbonyl (C=O) groups is 2. The Labute approximate surface area is 166 Å². The third-order valence-corrected chi connectivity index (χ3v) is 4.87. The van der Waals surface area contributed by atoms with E-state index >= 15 is 0 Å². The van der Waals surface area contributed by atoms with Crippen molar-refractivity contribution in [2.45, 2.75) is 20.5 Å². The van der Waals surface area contributed by atoms with E-state index in [0.717, 1.165) is 20.4 Å². The summed E-state index contributed by atoms with van der Waals surface area (Å²) in [5, 5.41) is 2.60. The van der Waals surface area contributed by atoms with E-state index in [4.69, 9.17) is 4.74 Å². The van der Waals surface area contributed by atoms with Gasteiger partial charge >= 0.3 is 6.03 Å². The van der Waals surface area contributed by atoms with E-state index in [1.807, 2.05) is 30.3 Å². The van der Waals surface area contributed by atoms with Crippen molar-refractivity contribution in [3.8, 4) is 5.75 Å². The molecular weight excluding hydrogens is 443 g/mol. The number of urea groups is 1. The van der Waals surface area contributed by atoms with E-state index in [1.54, 1.807) is 13.0 Å². The van der Waals surface area contributed by atoms with Gasteiger partial charge in [-0.1, -0.05) is 35.9 Å². The zero-order valence-corrected chi connectivity index (χ0v) is 16.7. The largest absolute Gasteiger partial charge is 0.488 e. The number of nitrogens with one attached hydrogen (secondary N) is 1. The van der Waals surface area contributed by atoms with Gasteiger partial charge in [-0.15, -0.1) is 0 Å². The number of rotatable bonds is 5. The molecule has 0 saturated carbocycles. The Balaban J connectivity index is 1.73. The molecule has 1 N–H and O–H groups in total. The Morgan fingerprint density at radius 1 is 1.19 bits per heavy atom. The molecule has 0 unspecified atom stereocenters. The van der Waals surface area contributed by atoms with Crippen LogP contribution in [-0.4, -0.2) is 23.4 Å². The van der Waals surface area contributed by atoms with Crippen molar-refractivity contribution in [1.82, 2.24) is 10.2 Å². The lowest BCUT2D eigenvalue weighted by molar-refractivity contribution is -0.122. The molecule has 26 heavy (non-hydrogen) atoms. The van der Waals surface area contributed by atoms with Gasteiger partial charge < -0.3 is 10.1 Å². The molecule has 2 aromatic rings. The van der Waals surface area contributed by atoms with Crippen molar-refractivity contribution in [2.75, 3.05) is 6.54 Å². The van der Waals surface area contributed by atoms with Crippen LogP contribution in [0.25, 0.3) is 6.08 Å². The molecule has 134 valence electrons. The predicted molar refractivity (Wildman–Crippen MR) is 109 cm³/mol. The first-order chi connectivity index (χ1) is 12.5. The number of halogens is 1. The van der Waals surface area contributed by atoms with E-state index in [2.05, 4.69) is 47.0 Å². The first-order valence-electron chi connectivity index (χ1n) is 8.30. The van der Waals surface area contributed by atoms with Gasteiger partial charge in [0, 0.05) is 6.54 Å². The molecule has 0 aliphatic carbocycles. The molecule has 1 aliphatic rings. The van der Waals surface area contributed by atoms with Crippen molar-refractivity contribution < 1.29 is 14.3 Å². The van der Waals surface area contributed by atoms with Crippen molar-refractivity contribution in [3.63, 3.8) is 0 Å². The quantitative estimate of drug-likeness (QED) is 0.414. The van der Waals surface area contributed by atoms with Gasteiger partial charge in [-0.2, -0.15) is 0 Å². The average molecular weight is 462 g/mol. The summed E-state index contributed by atoms with van der Waals surface area (Å²) in [6, 6.07) is 13.5. The summed E-state index contributed by atoms with van der Waals surface area (Å²) in [5.41, 5.74) is 3.44. The van der Waals surface area contributed by atoms with E-state index < -0.39 is 0 Å². The SMILES string of the molecule is CCN1C(=O)N/C(=C/c2ccc(OCc3cccc(C)c3)c(I)c2)C1=O. The Bertz CT molecular complexity index is 892. The van der Waals surface area contributed by atoms with E-state index in [-0.39, 0.29) is 11.9 Å². The molecule has 2 aromatic carbocycles. The number of hydrogen-bond acceptors (Lipinski definition) is 3. The van der Waals surface area contributed by atoms with Crippen LogP contribution < -0.4 is 10.1 Å². The molecule has 1 aliphatic heterocycles. The molecule has 1 saturated heterocycles. The first kappa shape index (κ1) is 18.4. The Hall–Kier alpha value is -2.35. The summed E-state index contributed by atoms with van der Waals surface area (Å²) in [7, 11) is 0. The third kappa shape index (κ3) is 4.07. The Morgan fingerprint density at radius 2 is 2.00 bits per heavy atom. The molecule has 0 atom stereocenters. The number of hydrogen-bond donors (Lipinski definition) is 1. The van der Waals surface area contributed by atoms with Crippen molar-refractivity contribution >= 4 is 40.6 Å². The molecule has 1 heterocycles. The zero-order chi connectivity index (χ0) is 18.7. The predicted octanol–water partition coefficient (Wildman–Crippen LogP) is 4.09. The van der Waals surface area contributed by atoms with Crippen molar-refractivity contribution in [3.05, 3.63) is 68.4 Å². The van der Waals surface area contributed by atoms with Crippen LogP contribution >= 0.6 is 22.6 Å². The smallest absolute Gasteiger partial charge is 0.328 e. The molecule has 0 bridgehead atoms. The van der Waals surface area contributed by atoms with Gasteiger partial charge in [-0.25, -0.2) is 4.79 Å². The van der Waals surface area contributed by atoms with Gasteiger partial charge in [-0.3, -0.25) is 9.69 Å². The first-order valence-corrected chi connectivity index (χ1v) is 9.38. The minimum Gasteiger partial charge on any atom is -0.488 e. The topological polar surface area (TPSA) is 58.6 Å². The van der Waals surface area contributed by atoms with Crippen LogP contribution in [0, 0.1) is 10.5 Å². The Kier molecular flexibility index (Phi) is 5.61. The minimum absolute atomic E-state index is 0.293. The second-order valence-corrected chi connectivity index (χ2v) is 7.17. The zero-order valence-electron chi connectivity index (χ0n) is 14.6. The van der Waals surface area contributed by atoms with Crippen LogP contribution in [0.2, 0.25) is 0 Å². The number of imide groups is 1. The van der Waals surface area contributed by atoms with Gasteiger partial charge in [0.1, 0.15) is 18.1 Å². The molecule has 0 spiro atoms. The second-order valence-electron chi connectivity index (χ2n) is 6.01. The summed E-state index contributed by atoms with van der Waals surface area (Å²) >= 11 is 2.21. The summed E-state index contributed by atoms with van der Waals surface area (Å²) in [6.07, 6.45) is 1.68. The summed E-state index contributed by atoms with van der Waals surface area (Å²) in [6.45, 7) is 4.67. The monoisotopic (exact) mass is 462 g/mol. The fraction of sp³-hybridized carbons (Fsp3) is 0.200. The molecule has 6 heteroatoms. The van der Waals surface area contributed by atoms with E-state index in [1.165, 1.54) is 10.5 Å². The molecule has 3 rings (SSSR count). The number of benzene rings is 2. The van der Waals surface area contributed by atoms with Crippen molar-refractivity contribution in [2.24, 2.45) is 0 Å². The summed E-state index contributed by atoms with van der Waals surface area (Å²) in [4.78, 5) is 25.0. The fourth-order valence-electron chi connectivity index (χ4n) is 2.71. The maximum atomic E-state index is 12.1. The maximum Gasteiger partial charge on any atom is 0.328 e. The normalized spacial score (nSPS) is 15.5. The van der Waals surface area contributed by atoms with Crippen LogP contribution in [0.5, 0.6) is 5.75 Å².